The first-order chi connectivity index (χ1) is 15.3. The summed E-state index contributed by atoms with van der Waals surface area (Å²) >= 11 is 12.2. The maximum Gasteiger partial charge on any atom is 0.300 e. The van der Waals surface area contributed by atoms with Crippen molar-refractivity contribution in [2.24, 2.45) is 0 Å². The lowest BCUT2D eigenvalue weighted by atomic mass is 9.95. The predicted molar refractivity (Wildman–Crippen MR) is 122 cm³/mol. The number of halogens is 2. The summed E-state index contributed by atoms with van der Waals surface area (Å²) in [5, 5.41) is 21.6. The van der Waals surface area contributed by atoms with E-state index in [-0.39, 0.29) is 22.1 Å². The number of rotatable bonds is 4. The number of anilines is 1. The van der Waals surface area contributed by atoms with Gasteiger partial charge >= 0.3 is 0 Å². The van der Waals surface area contributed by atoms with Crippen LogP contribution < -0.4 is 9.64 Å². The second kappa shape index (κ2) is 8.57. The highest BCUT2D eigenvalue weighted by molar-refractivity contribution is 6.52. The first kappa shape index (κ1) is 21.7. The minimum absolute atomic E-state index is 0.0494. The normalized spacial score (nSPS) is 17.6. The number of phenolic OH excluding ortho intramolecular Hbond substituents is 1. The number of Topliss-reactive ketones (excluding diaryl/α,β-unsaturated/α-hetero) is 1. The number of phenols is 1. The molecule has 1 aliphatic rings. The summed E-state index contributed by atoms with van der Waals surface area (Å²) < 4.78 is 5.13. The Morgan fingerprint density at radius 3 is 2.31 bits per heavy atom. The molecule has 1 atom stereocenters. The monoisotopic (exact) mass is 469 g/mol. The van der Waals surface area contributed by atoms with Crippen molar-refractivity contribution in [1.82, 2.24) is 0 Å². The Kier molecular flexibility index (Phi) is 5.82. The molecule has 3 aromatic rings. The van der Waals surface area contributed by atoms with Gasteiger partial charge in [0.15, 0.2) is 0 Å². The molecule has 1 unspecified atom stereocenters. The van der Waals surface area contributed by atoms with Crippen molar-refractivity contribution < 1.29 is 24.5 Å². The third kappa shape index (κ3) is 3.79. The van der Waals surface area contributed by atoms with Gasteiger partial charge in [0.2, 0.25) is 0 Å². The summed E-state index contributed by atoms with van der Waals surface area (Å²) in [6, 6.07) is 16.1. The van der Waals surface area contributed by atoms with E-state index in [2.05, 4.69) is 0 Å². The van der Waals surface area contributed by atoms with Crippen molar-refractivity contribution in [1.29, 1.82) is 0 Å². The number of methoxy groups -OCH3 is 1. The average molecular weight is 470 g/mol. The van der Waals surface area contributed by atoms with E-state index in [1.54, 1.807) is 42.5 Å². The van der Waals surface area contributed by atoms with E-state index >= 15 is 0 Å². The first-order valence-electron chi connectivity index (χ1n) is 9.51. The molecule has 1 heterocycles. The second-order valence-electron chi connectivity index (χ2n) is 7.09. The fraction of sp³-hybridized carbons (Fsp3) is 0.0833. The van der Waals surface area contributed by atoms with Crippen molar-refractivity contribution in [2.45, 2.75) is 6.04 Å². The minimum Gasteiger partial charge on any atom is -0.508 e. The Morgan fingerprint density at radius 2 is 1.69 bits per heavy atom. The zero-order valence-electron chi connectivity index (χ0n) is 16.8. The number of aliphatic hydroxyl groups excluding tert-OH is 1. The van der Waals surface area contributed by atoms with Crippen molar-refractivity contribution in [3.63, 3.8) is 0 Å². The van der Waals surface area contributed by atoms with Crippen LogP contribution in [0.5, 0.6) is 11.5 Å². The number of ether oxygens (including phenoxy) is 1. The van der Waals surface area contributed by atoms with E-state index in [1.165, 1.54) is 36.3 Å². The number of aliphatic hydroxyl groups is 1. The summed E-state index contributed by atoms with van der Waals surface area (Å²) in [5.41, 5.74) is 0.980. The summed E-state index contributed by atoms with van der Waals surface area (Å²) in [7, 11) is 1.51. The number of hydrogen-bond acceptors (Lipinski definition) is 5. The van der Waals surface area contributed by atoms with Crippen LogP contribution in [0.25, 0.3) is 5.76 Å². The molecule has 8 heteroatoms. The Labute approximate surface area is 193 Å². The van der Waals surface area contributed by atoms with Crippen LogP contribution in [0.1, 0.15) is 17.2 Å². The molecule has 0 aromatic heterocycles. The van der Waals surface area contributed by atoms with Crippen molar-refractivity contribution in [3.8, 4) is 11.5 Å². The van der Waals surface area contributed by atoms with Gasteiger partial charge in [-0.3, -0.25) is 14.5 Å². The number of amides is 1. The van der Waals surface area contributed by atoms with Crippen molar-refractivity contribution in [2.75, 3.05) is 12.0 Å². The number of aromatic hydroxyl groups is 1. The zero-order chi connectivity index (χ0) is 23.0. The number of carbonyl (C=O) groups is 2. The fourth-order valence-electron chi connectivity index (χ4n) is 3.65. The molecule has 0 radical (unpaired) electrons. The molecule has 0 spiro atoms. The lowest BCUT2D eigenvalue weighted by Crippen LogP contribution is -2.29. The van der Waals surface area contributed by atoms with Gasteiger partial charge in [-0.15, -0.1) is 0 Å². The Hall–Kier alpha value is -3.48. The maximum absolute atomic E-state index is 13.1. The quantitative estimate of drug-likeness (QED) is 0.306. The molecule has 162 valence electrons. The lowest BCUT2D eigenvalue weighted by Gasteiger charge is -2.25. The SMILES string of the molecule is COc1ccc(/C(O)=C2\C(=O)C(=O)N(c3ccc(Cl)c(Cl)c3)C2c2cccc(O)c2)cc1. The number of carbonyl (C=O) groups excluding carboxylic acids is 2. The summed E-state index contributed by atoms with van der Waals surface area (Å²) in [5.74, 6) is -1.53. The molecule has 4 rings (SSSR count). The number of benzene rings is 3. The van der Waals surface area contributed by atoms with Gasteiger partial charge in [-0.2, -0.15) is 0 Å². The highest BCUT2D eigenvalue weighted by Gasteiger charge is 2.47. The van der Waals surface area contributed by atoms with Gasteiger partial charge in [-0.1, -0.05) is 35.3 Å². The van der Waals surface area contributed by atoms with E-state index in [9.17, 15) is 19.8 Å². The molecule has 1 fully saturated rings. The van der Waals surface area contributed by atoms with E-state index in [4.69, 9.17) is 27.9 Å². The molecule has 1 aliphatic heterocycles. The van der Waals surface area contributed by atoms with Crippen LogP contribution in [0.2, 0.25) is 10.0 Å². The fourth-order valence-corrected chi connectivity index (χ4v) is 3.94. The standard InChI is InChI=1S/C24H17Cl2NO5/c1-32-17-8-5-13(6-9-17)22(29)20-21(14-3-2-4-16(28)11-14)27(24(31)23(20)30)15-7-10-18(25)19(26)12-15/h2-12,21,28-29H,1H3/b22-20+. The van der Waals surface area contributed by atoms with E-state index in [0.717, 1.165) is 0 Å². The van der Waals surface area contributed by atoms with Crippen LogP contribution in [0.4, 0.5) is 5.69 Å². The van der Waals surface area contributed by atoms with E-state index in [1.807, 2.05) is 0 Å². The van der Waals surface area contributed by atoms with E-state index < -0.39 is 17.7 Å². The van der Waals surface area contributed by atoms with Gasteiger partial charge in [0.05, 0.1) is 28.8 Å². The smallest absolute Gasteiger partial charge is 0.300 e. The minimum atomic E-state index is -0.999. The van der Waals surface area contributed by atoms with Crippen LogP contribution >= 0.6 is 23.2 Å². The van der Waals surface area contributed by atoms with Crippen molar-refractivity contribution in [3.05, 3.63) is 93.5 Å². The Balaban J connectivity index is 1.94. The third-order valence-corrected chi connectivity index (χ3v) is 5.91. The largest absolute Gasteiger partial charge is 0.508 e. The molecule has 2 N–H and O–H groups in total. The Bertz CT molecular complexity index is 1250. The van der Waals surface area contributed by atoms with Gasteiger partial charge in [0.1, 0.15) is 17.3 Å². The molecule has 3 aromatic carbocycles. The number of nitrogens with zero attached hydrogens (tertiary/aromatic N) is 1. The Morgan fingerprint density at radius 1 is 0.969 bits per heavy atom. The highest BCUT2D eigenvalue weighted by Crippen LogP contribution is 2.43. The molecular weight excluding hydrogens is 453 g/mol. The van der Waals surface area contributed by atoms with Crippen molar-refractivity contribution >= 4 is 46.3 Å². The second-order valence-corrected chi connectivity index (χ2v) is 7.91. The average Bonchev–Trinajstić information content (AvgIpc) is 3.06. The number of hydrogen-bond donors (Lipinski definition) is 2. The molecular formula is C24H17Cl2NO5. The third-order valence-electron chi connectivity index (χ3n) is 5.18. The summed E-state index contributed by atoms with van der Waals surface area (Å²) in [6.45, 7) is 0. The topological polar surface area (TPSA) is 87.1 Å². The van der Waals surface area contributed by atoms with Crippen LogP contribution in [0, 0.1) is 0 Å². The van der Waals surface area contributed by atoms with Crippen LogP contribution in [0.3, 0.4) is 0 Å². The van der Waals surface area contributed by atoms with Gasteiger partial charge < -0.3 is 14.9 Å². The van der Waals surface area contributed by atoms with Gasteiger partial charge in [0.25, 0.3) is 11.7 Å². The van der Waals surface area contributed by atoms with Crippen LogP contribution in [0.15, 0.2) is 72.3 Å². The first-order valence-corrected chi connectivity index (χ1v) is 10.3. The maximum atomic E-state index is 13.1. The molecule has 0 saturated carbocycles. The number of ketones is 1. The molecule has 0 bridgehead atoms. The lowest BCUT2D eigenvalue weighted by molar-refractivity contribution is -0.132. The van der Waals surface area contributed by atoms with E-state index in [0.29, 0.717) is 27.6 Å². The van der Waals surface area contributed by atoms with Gasteiger partial charge in [-0.05, 0) is 60.2 Å². The van der Waals surface area contributed by atoms with Crippen LogP contribution in [-0.2, 0) is 9.59 Å². The molecule has 32 heavy (non-hydrogen) atoms. The summed E-state index contributed by atoms with van der Waals surface area (Å²) in [4.78, 5) is 27.4. The molecule has 0 aliphatic carbocycles. The molecule has 1 amide bonds. The van der Waals surface area contributed by atoms with Gasteiger partial charge in [-0.25, -0.2) is 0 Å². The molecule has 1 saturated heterocycles. The summed E-state index contributed by atoms with van der Waals surface area (Å²) in [6.07, 6.45) is 0. The van der Waals surface area contributed by atoms with Gasteiger partial charge in [0, 0.05) is 11.3 Å². The molecule has 6 nitrogen and oxygen atoms in total. The van der Waals surface area contributed by atoms with Crippen LogP contribution in [-0.4, -0.2) is 29.0 Å². The highest BCUT2D eigenvalue weighted by atomic mass is 35.5. The zero-order valence-corrected chi connectivity index (χ0v) is 18.3. The predicted octanol–water partition coefficient (Wildman–Crippen LogP) is 5.33.